The van der Waals surface area contributed by atoms with Gasteiger partial charge < -0.3 is 11.1 Å². The normalized spacial score (nSPS) is 30.3. The lowest BCUT2D eigenvalue weighted by Crippen LogP contribution is -2.34. The van der Waals surface area contributed by atoms with Crippen molar-refractivity contribution in [2.24, 2.45) is 23.5 Å². The molecule has 0 radical (unpaired) electrons. The van der Waals surface area contributed by atoms with Crippen LogP contribution in [0.5, 0.6) is 0 Å². The molecule has 2 saturated carbocycles. The van der Waals surface area contributed by atoms with Gasteiger partial charge in [0.2, 0.25) is 5.91 Å². The molecule has 3 nitrogen and oxygen atoms in total. The zero-order valence-electron chi connectivity index (χ0n) is 11.2. The van der Waals surface area contributed by atoms with Crippen LogP contribution < -0.4 is 11.1 Å². The minimum absolute atomic E-state index is 0.0450. The van der Waals surface area contributed by atoms with Gasteiger partial charge in [-0.05, 0) is 30.2 Å². The molecule has 0 spiro atoms. The van der Waals surface area contributed by atoms with Gasteiger partial charge in [0.25, 0.3) is 0 Å². The van der Waals surface area contributed by atoms with Crippen LogP contribution >= 0.6 is 0 Å². The molecule has 2 aliphatic rings. The van der Waals surface area contributed by atoms with Crippen LogP contribution in [0, 0.1) is 17.8 Å². The quantitative estimate of drug-likeness (QED) is 0.870. The maximum Gasteiger partial charge on any atom is 0.224 e. The van der Waals surface area contributed by atoms with E-state index >= 15 is 0 Å². The second-order valence-corrected chi connectivity index (χ2v) is 5.85. The second-order valence-electron chi connectivity index (χ2n) is 5.85. The number of nitrogens with one attached hydrogen (secondary N) is 1. The molecule has 3 atom stereocenters. The lowest BCUT2D eigenvalue weighted by atomic mass is 10.0. The average molecular weight is 258 g/mol. The molecule has 1 amide bonds. The summed E-state index contributed by atoms with van der Waals surface area (Å²) in [7, 11) is 0. The zero-order chi connectivity index (χ0) is 13.2. The molecular weight excluding hydrogens is 236 g/mol. The highest BCUT2D eigenvalue weighted by Gasteiger charge is 2.54. The summed E-state index contributed by atoms with van der Waals surface area (Å²) in [6, 6.07) is 9.96. The summed E-state index contributed by atoms with van der Waals surface area (Å²) >= 11 is 0. The summed E-state index contributed by atoms with van der Waals surface area (Å²) in [5.41, 5.74) is 6.90. The standard InChI is InChI=1S/C16H22N2O/c17-10-14(11-6-2-1-3-7-11)18-16(19)15-12-8-4-5-9-13(12)15/h1-3,6-7,12-15H,4-5,8-10,17H2,(H,18,19). The van der Waals surface area contributed by atoms with Crippen LogP contribution in [0.25, 0.3) is 0 Å². The van der Waals surface area contributed by atoms with E-state index in [1.165, 1.54) is 25.7 Å². The van der Waals surface area contributed by atoms with Crippen LogP contribution in [-0.4, -0.2) is 12.5 Å². The Bertz CT molecular complexity index is 433. The van der Waals surface area contributed by atoms with E-state index < -0.39 is 0 Å². The van der Waals surface area contributed by atoms with Crippen LogP contribution in [0.4, 0.5) is 0 Å². The summed E-state index contributed by atoms with van der Waals surface area (Å²) in [4.78, 5) is 12.3. The number of nitrogens with two attached hydrogens (primary N) is 1. The summed E-state index contributed by atoms with van der Waals surface area (Å²) < 4.78 is 0. The molecule has 102 valence electrons. The van der Waals surface area contributed by atoms with Crippen LogP contribution in [0.15, 0.2) is 30.3 Å². The number of carbonyl (C=O) groups is 1. The molecular formula is C16H22N2O. The third kappa shape index (κ3) is 2.52. The Kier molecular flexibility index (Phi) is 3.56. The first kappa shape index (κ1) is 12.7. The van der Waals surface area contributed by atoms with E-state index in [1.54, 1.807) is 0 Å². The smallest absolute Gasteiger partial charge is 0.224 e. The third-order valence-corrected chi connectivity index (χ3v) is 4.71. The molecule has 0 saturated heterocycles. The van der Waals surface area contributed by atoms with Gasteiger partial charge in [-0.15, -0.1) is 0 Å². The van der Waals surface area contributed by atoms with Crippen LogP contribution in [-0.2, 0) is 4.79 Å². The topological polar surface area (TPSA) is 55.1 Å². The largest absolute Gasteiger partial charge is 0.348 e. The van der Waals surface area contributed by atoms with Crippen LogP contribution in [0.1, 0.15) is 37.3 Å². The Hall–Kier alpha value is -1.35. The third-order valence-electron chi connectivity index (χ3n) is 4.71. The van der Waals surface area contributed by atoms with Gasteiger partial charge in [0.05, 0.1) is 6.04 Å². The fourth-order valence-corrected chi connectivity index (χ4v) is 3.61. The lowest BCUT2D eigenvalue weighted by Gasteiger charge is -2.17. The molecule has 1 aromatic carbocycles. The van der Waals surface area contributed by atoms with Crippen molar-refractivity contribution in [3.8, 4) is 0 Å². The van der Waals surface area contributed by atoms with Gasteiger partial charge in [-0.3, -0.25) is 4.79 Å². The minimum Gasteiger partial charge on any atom is -0.348 e. The van der Waals surface area contributed by atoms with Gasteiger partial charge in [-0.25, -0.2) is 0 Å². The number of fused-ring (bicyclic) bond motifs is 1. The van der Waals surface area contributed by atoms with Gasteiger partial charge in [-0.1, -0.05) is 43.2 Å². The SMILES string of the molecule is NCC(NC(=O)C1C2CCCCC21)c1ccccc1. The molecule has 19 heavy (non-hydrogen) atoms. The van der Waals surface area contributed by atoms with Gasteiger partial charge >= 0.3 is 0 Å². The average Bonchev–Trinajstić information content (AvgIpc) is 3.20. The van der Waals surface area contributed by atoms with E-state index in [9.17, 15) is 4.79 Å². The first-order valence-corrected chi connectivity index (χ1v) is 7.36. The van der Waals surface area contributed by atoms with E-state index in [4.69, 9.17) is 5.73 Å². The highest BCUT2D eigenvalue weighted by atomic mass is 16.2. The van der Waals surface area contributed by atoms with Crippen molar-refractivity contribution in [2.45, 2.75) is 31.7 Å². The van der Waals surface area contributed by atoms with Crippen molar-refractivity contribution in [3.63, 3.8) is 0 Å². The highest BCUT2D eigenvalue weighted by molar-refractivity contribution is 5.82. The summed E-state index contributed by atoms with van der Waals surface area (Å²) in [6.07, 6.45) is 5.07. The minimum atomic E-state index is -0.0450. The zero-order valence-corrected chi connectivity index (χ0v) is 11.2. The fraction of sp³-hybridized carbons (Fsp3) is 0.562. The second kappa shape index (κ2) is 5.33. The summed E-state index contributed by atoms with van der Waals surface area (Å²) in [6.45, 7) is 0.456. The molecule has 2 aliphatic carbocycles. The lowest BCUT2D eigenvalue weighted by molar-refractivity contribution is -0.123. The molecule has 3 N–H and O–H groups in total. The maximum atomic E-state index is 12.3. The van der Waals surface area contributed by atoms with Crippen molar-refractivity contribution in [3.05, 3.63) is 35.9 Å². The number of carbonyl (C=O) groups excluding carboxylic acids is 1. The predicted octanol–water partition coefficient (Wildman–Crippen LogP) is 2.24. The van der Waals surface area contributed by atoms with E-state index in [2.05, 4.69) is 5.32 Å². The number of hydrogen-bond acceptors (Lipinski definition) is 2. The fourth-order valence-electron chi connectivity index (χ4n) is 3.61. The molecule has 2 fully saturated rings. The number of rotatable bonds is 4. The van der Waals surface area contributed by atoms with Crippen molar-refractivity contribution in [2.75, 3.05) is 6.54 Å². The van der Waals surface area contributed by atoms with Crippen molar-refractivity contribution < 1.29 is 4.79 Å². The highest BCUT2D eigenvalue weighted by Crippen LogP contribution is 2.55. The van der Waals surface area contributed by atoms with Gasteiger partial charge in [0.15, 0.2) is 0 Å². The first-order valence-electron chi connectivity index (χ1n) is 7.36. The molecule has 0 heterocycles. The maximum absolute atomic E-state index is 12.3. The van der Waals surface area contributed by atoms with Crippen LogP contribution in [0.2, 0.25) is 0 Å². The molecule has 3 rings (SSSR count). The molecule has 0 aromatic heterocycles. The molecule has 1 aromatic rings. The van der Waals surface area contributed by atoms with Crippen LogP contribution in [0.3, 0.4) is 0 Å². The predicted molar refractivity (Wildman–Crippen MR) is 75.3 cm³/mol. The van der Waals surface area contributed by atoms with Gasteiger partial charge in [-0.2, -0.15) is 0 Å². The number of benzene rings is 1. The summed E-state index contributed by atoms with van der Waals surface area (Å²) in [5, 5.41) is 3.14. The Balaban J connectivity index is 1.62. The van der Waals surface area contributed by atoms with E-state index in [0.29, 0.717) is 18.4 Å². The van der Waals surface area contributed by atoms with Crippen molar-refractivity contribution in [1.29, 1.82) is 0 Å². The van der Waals surface area contributed by atoms with E-state index in [0.717, 1.165) is 5.56 Å². The van der Waals surface area contributed by atoms with Crippen molar-refractivity contribution >= 4 is 5.91 Å². The Morgan fingerprint density at radius 1 is 1.21 bits per heavy atom. The first-order chi connectivity index (χ1) is 9.31. The van der Waals surface area contributed by atoms with Gasteiger partial charge in [0.1, 0.15) is 0 Å². The Morgan fingerprint density at radius 2 is 1.84 bits per heavy atom. The van der Waals surface area contributed by atoms with E-state index in [-0.39, 0.29) is 17.9 Å². The number of hydrogen-bond donors (Lipinski definition) is 2. The number of amides is 1. The molecule has 3 unspecified atom stereocenters. The molecule has 0 bridgehead atoms. The molecule has 0 aliphatic heterocycles. The van der Waals surface area contributed by atoms with Crippen molar-refractivity contribution in [1.82, 2.24) is 5.32 Å². The van der Waals surface area contributed by atoms with Gasteiger partial charge in [0, 0.05) is 12.5 Å². The Morgan fingerprint density at radius 3 is 2.42 bits per heavy atom. The summed E-state index contributed by atoms with van der Waals surface area (Å²) in [5.74, 6) is 1.79. The monoisotopic (exact) mass is 258 g/mol. The molecule has 3 heteroatoms. The Labute approximate surface area is 114 Å². The van der Waals surface area contributed by atoms with E-state index in [1.807, 2.05) is 30.3 Å².